The highest BCUT2D eigenvalue weighted by Crippen LogP contribution is 2.30. The third kappa shape index (κ3) is 3.94. The summed E-state index contributed by atoms with van der Waals surface area (Å²) >= 11 is 0. The monoisotopic (exact) mass is 361 g/mol. The van der Waals surface area contributed by atoms with Gasteiger partial charge in [-0.3, -0.25) is 14.4 Å². The van der Waals surface area contributed by atoms with Gasteiger partial charge < -0.3 is 15.0 Å². The van der Waals surface area contributed by atoms with E-state index in [0.717, 1.165) is 71.9 Å². The van der Waals surface area contributed by atoms with Gasteiger partial charge in [-0.1, -0.05) is 0 Å². The molecule has 7 heteroatoms. The van der Waals surface area contributed by atoms with Gasteiger partial charge in [-0.2, -0.15) is 5.10 Å². The number of nitrogens with one attached hydrogen (secondary N) is 1. The van der Waals surface area contributed by atoms with Crippen LogP contribution in [0, 0.1) is 11.8 Å². The molecule has 0 aromatic carbocycles. The molecule has 1 aromatic rings. The van der Waals surface area contributed by atoms with E-state index in [1.807, 2.05) is 24.1 Å². The maximum absolute atomic E-state index is 13.1. The lowest BCUT2D eigenvalue weighted by molar-refractivity contribution is -0.136. The van der Waals surface area contributed by atoms with Crippen LogP contribution in [0.4, 0.5) is 0 Å². The number of carbonyl (C=O) groups excluding carboxylic acids is 1. The van der Waals surface area contributed by atoms with Crippen LogP contribution in [-0.2, 0) is 16.6 Å². The fourth-order valence-corrected chi connectivity index (χ4v) is 4.64. The Labute approximate surface area is 155 Å². The fourth-order valence-electron chi connectivity index (χ4n) is 4.64. The smallest absolute Gasteiger partial charge is 0.227 e. The molecule has 1 aromatic heterocycles. The van der Waals surface area contributed by atoms with Crippen LogP contribution in [0.3, 0.4) is 0 Å². The van der Waals surface area contributed by atoms with Crippen LogP contribution in [0.15, 0.2) is 12.4 Å². The van der Waals surface area contributed by atoms with Crippen molar-refractivity contribution >= 4 is 5.91 Å². The molecule has 0 aliphatic carbocycles. The highest BCUT2D eigenvalue weighted by Gasteiger charge is 2.38. The predicted octanol–water partition coefficient (Wildman–Crippen LogP) is 0.294. The van der Waals surface area contributed by atoms with Gasteiger partial charge >= 0.3 is 0 Å². The molecule has 26 heavy (non-hydrogen) atoms. The Balaban J connectivity index is 1.30. The van der Waals surface area contributed by atoms with Gasteiger partial charge in [0.15, 0.2) is 0 Å². The zero-order valence-corrected chi connectivity index (χ0v) is 15.8. The molecule has 0 unspecified atom stereocenters. The van der Waals surface area contributed by atoms with Crippen LogP contribution >= 0.6 is 0 Å². The maximum Gasteiger partial charge on any atom is 0.227 e. The minimum absolute atomic E-state index is 0.0509. The van der Waals surface area contributed by atoms with Crippen molar-refractivity contribution in [3.63, 3.8) is 0 Å². The van der Waals surface area contributed by atoms with Crippen molar-refractivity contribution in [3.05, 3.63) is 18.0 Å². The Hall–Kier alpha value is -1.44. The molecular weight excluding hydrogens is 330 g/mol. The van der Waals surface area contributed by atoms with E-state index in [0.29, 0.717) is 11.8 Å². The van der Waals surface area contributed by atoms with Crippen molar-refractivity contribution < 1.29 is 9.53 Å². The molecule has 1 N–H and O–H groups in total. The van der Waals surface area contributed by atoms with Crippen LogP contribution in [0.1, 0.15) is 24.3 Å². The summed E-state index contributed by atoms with van der Waals surface area (Å²) in [7, 11) is 1.93. The van der Waals surface area contributed by atoms with Gasteiger partial charge in [-0.05, 0) is 24.3 Å². The molecule has 144 valence electrons. The van der Waals surface area contributed by atoms with E-state index in [-0.39, 0.29) is 11.8 Å². The molecule has 3 aliphatic rings. The van der Waals surface area contributed by atoms with Crippen LogP contribution < -0.4 is 5.32 Å². The molecule has 2 atom stereocenters. The summed E-state index contributed by atoms with van der Waals surface area (Å²) in [5.41, 5.74) is 1.18. The second kappa shape index (κ2) is 8.06. The van der Waals surface area contributed by atoms with E-state index in [1.165, 1.54) is 5.56 Å². The predicted molar refractivity (Wildman–Crippen MR) is 98.9 cm³/mol. The topological polar surface area (TPSA) is 62.6 Å². The van der Waals surface area contributed by atoms with Crippen molar-refractivity contribution in [2.75, 3.05) is 59.0 Å². The first-order chi connectivity index (χ1) is 12.7. The quantitative estimate of drug-likeness (QED) is 0.835. The number of nitrogens with zero attached hydrogens (tertiary/aromatic N) is 4. The van der Waals surface area contributed by atoms with Gasteiger partial charge in [0.1, 0.15) is 0 Å². The van der Waals surface area contributed by atoms with E-state index in [1.54, 1.807) is 0 Å². The van der Waals surface area contributed by atoms with Crippen molar-refractivity contribution in [2.45, 2.75) is 18.8 Å². The summed E-state index contributed by atoms with van der Waals surface area (Å²) in [5, 5.41) is 7.69. The highest BCUT2D eigenvalue weighted by molar-refractivity contribution is 5.80. The van der Waals surface area contributed by atoms with Crippen molar-refractivity contribution in [2.24, 2.45) is 18.9 Å². The summed E-state index contributed by atoms with van der Waals surface area (Å²) in [4.78, 5) is 17.7. The summed E-state index contributed by atoms with van der Waals surface area (Å²) in [6.45, 7) is 8.47. The number of amides is 1. The molecule has 0 bridgehead atoms. The van der Waals surface area contributed by atoms with Gasteiger partial charge in [0.05, 0.1) is 25.3 Å². The Morgan fingerprint density at radius 3 is 2.69 bits per heavy atom. The Kier molecular flexibility index (Phi) is 5.57. The van der Waals surface area contributed by atoms with E-state index in [9.17, 15) is 4.79 Å². The second-order valence-electron chi connectivity index (χ2n) is 8.00. The third-order valence-electron chi connectivity index (χ3n) is 6.23. The molecule has 0 saturated carbocycles. The molecule has 3 aliphatic heterocycles. The molecule has 3 saturated heterocycles. The average Bonchev–Trinajstić information content (AvgIpc) is 3.31. The number of morpholine rings is 1. The molecular formula is C19H31N5O2. The van der Waals surface area contributed by atoms with Crippen molar-refractivity contribution in [3.8, 4) is 0 Å². The molecule has 4 heterocycles. The van der Waals surface area contributed by atoms with E-state index in [4.69, 9.17) is 4.74 Å². The summed E-state index contributed by atoms with van der Waals surface area (Å²) in [5.74, 6) is 1.35. The maximum atomic E-state index is 13.1. The van der Waals surface area contributed by atoms with Gasteiger partial charge in [0.2, 0.25) is 5.91 Å². The number of hydrogen-bond donors (Lipinski definition) is 1. The zero-order chi connectivity index (χ0) is 17.9. The van der Waals surface area contributed by atoms with E-state index < -0.39 is 0 Å². The summed E-state index contributed by atoms with van der Waals surface area (Å²) in [6, 6.07) is 0. The number of likely N-dealkylation sites (tertiary alicyclic amines) is 1. The van der Waals surface area contributed by atoms with Crippen LogP contribution in [0.25, 0.3) is 0 Å². The number of rotatable bonds is 4. The minimum Gasteiger partial charge on any atom is -0.379 e. The van der Waals surface area contributed by atoms with Crippen molar-refractivity contribution in [1.82, 2.24) is 24.9 Å². The number of hydrogen-bond acceptors (Lipinski definition) is 5. The molecule has 1 amide bonds. The Morgan fingerprint density at radius 1 is 1.23 bits per heavy atom. The number of aromatic nitrogens is 2. The second-order valence-corrected chi connectivity index (χ2v) is 8.00. The lowest BCUT2D eigenvalue weighted by atomic mass is 9.88. The highest BCUT2D eigenvalue weighted by atomic mass is 16.5. The normalized spacial score (nSPS) is 28.6. The lowest BCUT2D eigenvalue weighted by Crippen LogP contribution is -2.46. The van der Waals surface area contributed by atoms with Crippen molar-refractivity contribution in [1.29, 1.82) is 0 Å². The van der Waals surface area contributed by atoms with Crippen LogP contribution in [0.2, 0.25) is 0 Å². The first-order valence-corrected chi connectivity index (χ1v) is 9.99. The standard InChI is InChI=1S/C19H31N5O2/c1-22-14-16(10-21-22)17-11-20-12-18(17)19(25)24-4-2-15(3-5-24)13-23-6-8-26-9-7-23/h10,14-15,17-18,20H,2-9,11-13H2,1H3/t17-,18+/m1/s1. The molecule has 3 fully saturated rings. The van der Waals surface area contributed by atoms with Crippen LogP contribution in [-0.4, -0.2) is 84.5 Å². The zero-order valence-electron chi connectivity index (χ0n) is 15.8. The third-order valence-corrected chi connectivity index (χ3v) is 6.23. The molecule has 7 nitrogen and oxygen atoms in total. The molecule has 0 spiro atoms. The van der Waals surface area contributed by atoms with Gasteiger partial charge in [0, 0.05) is 65.0 Å². The van der Waals surface area contributed by atoms with E-state index >= 15 is 0 Å². The molecule has 4 rings (SSSR count). The molecule has 0 radical (unpaired) electrons. The first-order valence-electron chi connectivity index (χ1n) is 9.99. The largest absolute Gasteiger partial charge is 0.379 e. The SMILES string of the molecule is Cn1cc([C@H]2CNC[C@@H]2C(=O)N2CCC(CN3CCOCC3)CC2)cn1. The number of carbonyl (C=O) groups is 1. The average molecular weight is 361 g/mol. The lowest BCUT2D eigenvalue weighted by Gasteiger charge is -2.37. The number of ether oxygens (including phenoxy) is 1. The van der Waals surface area contributed by atoms with Gasteiger partial charge in [-0.25, -0.2) is 0 Å². The Morgan fingerprint density at radius 2 is 2.00 bits per heavy atom. The summed E-state index contributed by atoms with van der Waals surface area (Å²) in [6.07, 6.45) is 6.21. The minimum atomic E-state index is 0.0509. The Bertz CT molecular complexity index is 605. The van der Waals surface area contributed by atoms with Gasteiger partial charge in [-0.15, -0.1) is 0 Å². The van der Waals surface area contributed by atoms with Gasteiger partial charge in [0.25, 0.3) is 0 Å². The number of piperidine rings is 1. The van der Waals surface area contributed by atoms with Crippen LogP contribution in [0.5, 0.6) is 0 Å². The van der Waals surface area contributed by atoms with E-state index in [2.05, 4.69) is 20.2 Å². The number of aryl methyl sites for hydroxylation is 1. The summed E-state index contributed by atoms with van der Waals surface area (Å²) < 4.78 is 7.26. The first kappa shape index (κ1) is 17.9. The fraction of sp³-hybridized carbons (Fsp3) is 0.789.